The molecule has 5 aliphatic rings. The number of esters is 1. The molecule has 0 radical (unpaired) electrons. The van der Waals surface area contributed by atoms with Gasteiger partial charge in [-0.25, -0.2) is 0 Å². The molecule has 214 valence electrons. The first-order chi connectivity index (χ1) is 17.9. The van der Waals surface area contributed by atoms with E-state index in [1.807, 2.05) is 0 Å². The van der Waals surface area contributed by atoms with E-state index in [0.29, 0.717) is 30.3 Å². The lowest BCUT2D eigenvalue weighted by atomic mass is 9.32. The zero-order valence-corrected chi connectivity index (χ0v) is 24.4. The molecule has 10 atom stereocenters. The van der Waals surface area contributed by atoms with E-state index in [9.17, 15) is 20.2 Å². The third-order valence-corrected chi connectivity index (χ3v) is 13.9. The maximum Gasteiger partial charge on any atom is 0.302 e. The van der Waals surface area contributed by atoms with Crippen LogP contribution < -0.4 is 0 Å². The van der Waals surface area contributed by atoms with Gasteiger partial charge < -0.3 is 20.2 Å². The van der Waals surface area contributed by atoms with Crippen LogP contribution in [0.4, 0.5) is 0 Å². The van der Waals surface area contributed by atoms with Gasteiger partial charge >= 0.3 is 5.97 Å². The number of carbonyl (C=O) groups excluding carboxylic acids is 1. The topological polar surface area (TPSA) is 99.4 Å². The number of rotatable bonds is 5. The monoisotopic (exact) mass is 529 g/mol. The summed E-state index contributed by atoms with van der Waals surface area (Å²) in [6.45, 7) is 16.1. The molecular formula is C32H51NO5. The Morgan fingerprint density at radius 2 is 1.71 bits per heavy atom. The second-order valence-corrected chi connectivity index (χ2v) is 14.9. The molecular weight excluding hydrogens is 478 g/mol. The summed E-state index contributed by atoms with van der Waals surface area (Å²) in [6, 6.07) is 0. The van der Waals surface area contributed by atoms with E-state index >= 15 is 0 Å². The number of nitrogens with zero attached hydrogens (tertiary/aromatic N) is 1. The van der Waals surface area contributed by atoms with Crippen LogP contribution in [0.25, 0.3) is 0 Å². The maximum absolute atomic E-state index is 11.9. The SMILES string of the molecule is C=C(CO)[C@@H]1CC[C@]2(COC(C)=O)CC[C@]3(C)[C@H](CC[C@@H]4[C@@]5(C)CC/C(=N\O)C(C)(CO)[C@@H]5CC[C@]43C)[C@@H]12. The van der Waals surface area contributed by atoms with Crippen molar-refractivity contribution in [2.75, 3.05) is 19.8 Å². The number of hydrogen-bond acceptors (Lipinski definition) is 6. The summed E-state index contributed by atoms with van der Waals surface area (Å²) in [5.41, 5.74) is 1.63. The van der Waals surface area contributed by atoms with Gasteiger partial charge in [-0.05, 0) is 116 Å². The van der Waals surface area contributed by atoms with Gasteiger partial charge in [0.1, 0.15) is 0 Å². The number of aliphatic hydroxyl groups is 2. The first-order valence-corrected chi connectivity index (χ1v) is 15.1. The molecule has 0 amide bonds. The van der Waals surface area contributed by atoms with Crippen molar-refractivity contribution in [3.05, 3.63) is 12.2 Å². The first-order valence-electron chi connectivity index (χ1n) is 15.1. The molecule has 0 spiro atoms. The van der Waals surface area contributed by atoms with Crippen molar-refractivity contribution in [3.63, 3.8) is 0 Å². The fourth-order valence-corrected chi connectivity index (χ4v) is 11.8. The summed E-state index contributed by atoms with van der Waals surface area (Å²) in [5.74, 6) is 1.81. The molecule has 5 rings (SSSR count). The van der Waals surface area contributed by atoms with Gasteiger partial charge in [-0.1, -0.05) is 39.4 Å². The minimum Gasteiger partial charge on any atom is -0.465 e. The first kappa shape index (κ1) is 28.1. The fraction of sp³-hybridized carbons (Fsp3) is 0.875. The van der Waals surface area contributed by atoms with E-state index in [2.05, 4.69) is 39.4 Å². The number of carbonyl (C=O) groups is 1. The molecule has 1 unspecified atom stereocenters. The van der Waals surface area contributed by atoms with E-state index in [0.717, 1.165) is 75.5 Å². The van der Waals surface area contributed by atoms with Crippen molar-refractivity contribution >= 4 is 11.7 Å². The van der Waals surface area contributed by atoms with Crippen LogP contribution in [0.2, 0.25) is 0 Å². The maximum atomic E-state index is 11.9. The summed E-state index contributed by atoms with van der Waals surface area (Å²) in [7, 11) is 0. The van der Waals surface area contributed by atoms with Crippen LogP contribution in [0.1, 0.15) is 98.8 Å². The van der Waals surface area contributed by atoms with Crippen molar-refractivity contribution in [1.29, 1.82) is 0 Å². The lowest BCUT2D eigenvalue weighted by Gasteiger charge is -2.72. The van der Waals surface area contributed by atoms with Crippen molar-refractivity contribution in [1.82, 2.24) is 0 Å². The van der Waals surface area contributed by atoms with Gasteiger partial charge in [-0.15, -0.1) is 0 Å². The number of aliphatic hydroxyl groups excluding tert-OH is 2. The number of ether oxygens (including phenoxy) is 1. The number of oxime groups is 1. The second kappa shape index (κ2) is 9.33. The molecule has 0 heterocycles. The Bertz CT molecular complexity index is 1010. The fourth-order valence-electron chi connectivity index (χ4n) is 11.8. The summed E-state index contributed by atoms with van der Waals surface area (Å²) in [5, 5.41) is 34.2. The molecule has 0 aliphatic heterocycles. The Labute approximate surface area is 229 Å². The standard InChI is InChI=1S/C32H51NO5/c1-20(17-34)22-9-14-32(19-38-21(2)36)16-15-30(5)23(27(22)32)7-8-25-28(3)12-11-26(33-37)29(4,18-35)24(28)10-13-31(25,30)6/h22-25,27,34-35,37H,1,7-19H2,2-6H3/b33-26+/t22-,23+,24+,25+,27+,28-,29?,30+,31+,32+/m0/s1. The molecule has 3 N–H and O–H groups in total. The van der Waals surface area contributed by atoms with Crippen LogP contribution in [-0.4, -0.2) is 46.9 Å². The summed E-state index contributed by atoms with van der Waals surface area (Å²) >= 11 is 0. The van der Waals surface area contributed by atoms with Crippen LogP contribution in [0.15, 0.2) is 17.3 Å². The Morgan fingerprint density at radius 1 is 0.974 bits per heavy atom. The molecule has 6 heteroatoms. The van der Waals surface area contributed by atoms with Crippen molar-refractivity contribution in [2.24, 2.45) is 61.8 Å². The van der Waals surface area contributed by atoms with Gasteiger partial charge in [0.25, 0.3) is 0 Å². The van der Waals surface area contributed by atoms with Crippen LogP contribution in [0.5, 0.6) is 0 Å². The van der Waals surface area contributed by atoms with E-state index in [4.69, 9.17) is 4.74 Å². The second-order valence-electron chi connectivity index (χ2n) is 14.9. The van der Waals surface area contributed by atoms with Crippen LogP contribution >= 0.6 is 0 Å². The average molecular weight is 530 g/mol. The van der Waals surface area contributed by atoms with Crippen LogP contribution in [-0.2, 0) is 9.53 Å². The largest absolute Gasteiger partial charge is 0.465 e. The van der Waals surface area contributed by atoms with Gasteiger partial charge in [0.05, 0.1) is 25.5 Å². The lowest BCUT2D eigenvalue weighted by molar-refractivity contribution is -0.234. The van der Waals surface area contributed by atoms with Crippen molar-refractivity contribution in [2.45, 2.75) is 98.8 Å². The highest BCUT2D eigenvalue weighted by Crippen LogP contribution is 2.77. The third-order valence-electron chi connectivity index (χ3n) is 13.9. The molecule has 5 fully saturated rings. The Balaban J connectivity index is 1.53. The molecule has 5 saturated carbocycles. The average Bonchev–Trinajstić information content (AvgIpc) is 3.27. The molecule has 5 aliphatic carbocycles. The Kier molecular flexibility index (Phi) is 6.91. The zero-order chi connectivity index (χ0) is 27.7. The molecule has 0 bridgehead atoms. The van der Waals surface area contributed by atoms with Gasteiger partial charge in [-0.3, -0.25) is 4.79 Å². The predicted octanol–water partition coefficient (Wildman–Crippen LogP) is 5.98. The van der Waals surface area contributed by atoms with Crippen LogP contribution in [0.3, 0.4) is 0 Å². The third kappa shape index (κ3) is 3.57. The number of hydrogen-bond donors (Lipinski definition) is 3. The molecule has 0 saturated heterocycles. The molecule has 0 aromatic rings. The quantitative estimate of drug-likeness (QED) is 0.176. The normalized spacial score (nSPS) is 50.9. The predicted molar refractivity (Wildman–Crippen MR) is 148 cm³/mol. The highest BCUT2D eigenvalue weighted by atomic mass is 16.5. The van der Waals surface area contributed by atoms with Crippen molar-refractivity contribution < 1.29 is 25.0 Å². The molecule has 0 aromatic heterocycles. The van der Waals surface area contributed by atoms with E-state index in [1.165, 1.54) is 6.92 Å². The van der Waals surface area contributed by atoms with Crippen LogP contribution in [0, 0.1) is 56.7 Å². The van der Waals surface area contributed by atoms with Gasteiger partial charge in [0.15, 0.2) is 0 Å². The summed E-state index contributed by atoms with van der Waals surface area (Å²) in [4.78, 5) is 11.9. The molecule has 6 nitrogen and oxygen atoms in total. The zero-order valence-electron chi connectivity index (χ0n) is 24.4. The Hall–Kier alpha value is -1.40. The van der Waals surface area contributed by atoms with Gasteiger partial charge in [0, 0.05) is 17.8 Å². The highest BCUT2D eigenvalue weighted by Gasteiger charge is 2.71. The minimum absolute atomic E-state index is 0.0181. The van der Waals surface area contributed by atoms with E-state index in [-0.39, 0.29) is 46.8 Å². The van der Waals surface area contributed by atoms with Gasteiger partial charge in [0.2, 0.25) is 0 Å². The van der Waals surface area contributed by atoms with Gasteiger partial charge in [-0.2, -0.15) is 0 Å². The minimum atomic E-state index is -0.470. The Morgan fingerprint density at radius 3 is 2.34 bits per heavy atom. The smallest absolute Gasteiger partial charge is 0.302 e. The lowest BCUT2D eigenvalue weighted by Crippen LogP contribution is -2.67. The summed E-state index contributed by atoms with van der Waals surface area (Å²) in [6.07, 6.45) is 10.5. The number of fused-ring (bicyclic) bond motifs is 7. The summed E-state index contributed by atoms with van der Waals surface area (Å²) < 4.78 is 5.75. The van der Waals surface area contributed by atoms with E-state index in [1.54, 1.807) is 0 Å². The van der Waals surface area contributed by atoms with Crippen molar-refractivity contribution in [3.8, 4) is 0 Å². The highest BCUT2D eigenvalue weighted by molar-refractivity contribution is 5.91. The van der Waals surface area contributed by atoms with E-state index < -0.39 is 5.41 Å². The molecule has 0 aromatic carbocycles. The molecule has 38 heavy (non-hydrogen) atoms.